The molecule has 5 nitrogen and oxygen atoms in total. The lowest BCUT2D eigenvalue weighted by atomic mass is 10.0. The lowest BCUT2D eigenvalue weighted by Crippen LogP contribution is -2.32. The van der Waals surface area contributed by atoms with E-state index in [1.54, 1.807) is 60.7 Å². The van der Waals surface area contributed by atoms with Crippen molar-refractivity contribution in [3.05, 3.63) is 100 Å². The molecule has 0 unspecified atom stereocenters. The van der Waals surface area contributed by atoms with Crippen LogP contribution in [0.4, 0.5) is 10.1 Å². The molecule has 7 heteroatoms. The Kier molecular flexibility index (Phi) is 6.23. The van der Waals surface area contributed by atoms with Gasteiger partial charge in [-0.25, -0.2) is 4.39 Å². The lowest BCUT2D eigenvalue weighted by Gasteiger charge is -2.16. The third kappa shape index (κ3) is 4.22. The molecule has 2 amide bonds. The average molecular weight is 451 g/mol. The largest absolute Gasteiger partial charge is 0.492 e. The second-order valence-corrected chi connectivity index (χ2v) is 7.54. The molecule has 1 N–H and O–H groups in total. The Morgan fingerprint density at radius 2 is 1.62 bits per heavy atom. The Hall–Kier alpha value is -3.64. The van der Waals surface area contributed by atoms with Gasteiger partial charge in [0.15, 0.2) is 0 Å². The Labute approximate surface area is 190 Å². The number of hydrogen-bond acceptors (Lipinski definition) is 4. The first kappa shape index (κ1) is 21.6. The molecule has 0 atom stereocenters. The van der Waals surface area contributed by atoms with Crippen molar-refractivity contribution in [1.82, 2.24) is 4.90 Å². The number of benzene rings is 3. The molecule has 32 heavy (non-hydrogen) atoms. The van der Waals surface area contributed by atoms with Gasteiger partial charge in [0.1, 0.15) is 17.3 Å². The van der Waals surface area contributed by atoms with Crippen LogP contribution in [0.2, 0.25) is 5.02 Å². The van der Waals surface area contributed by atoms with Crippen LogP contribution in [0, 0.1) is 5.82 Å². The van der Waals surface area contributed by atoms with Crippen LogP contribution < -0.4 is 10.1 Å². The zero-order valence-corrected chi connectivity index (χ0v) is 18.0. The van der Waals surface area contributed by atoms with Crippen LogP contribution in [0.5, 0.6) is 5.75 Å². The van der Waals surface area contributed by atoms with Gasteiger partial charge in [-0.05, 0) is 42.8 Å². The Balaban J connectivity index is 1.76. The van der Waals surface area contributed by atoms with E-state index in [2.05, 4.69) is 5.32 Å². The molecule has 0 saturated heterocycles. The number of nitrogens with zero attached hydrogens (tertiary/aromatic N) is 1. The Bertz CT molecular complexity index is 1210. The van der Waals surface area contributed by atoms with E-state index >= 15 is 0 Å². The van der Waals surface area contributed by atoms with Crippen LogP contribution in [0.25, 0.3) is 5.57 Å². The van der Waals surface area contributed by atoms with Crippen LogP contribution in [0.3, 0.4) is 0 Å². The molecule has 1 aliphatic rings. The molecule has 162 valence electrons. The number of rotatable bonds is 7. The van der Waals surface area contributed by atoms with Crippen LogP contribution in [-0.2, 0) is 16.1 Å². The van der Waals surface area contributed by atoms with Crippen molar-refractivity contribution in [2.75, 3.05) is 11.9 Å². The van der Waals surface area contributed by atoms with Crippen molar-refractivity contribution < 1.29 is 18.7 Å². The van der Waals surface area contributed by atoms with E-state index in [0.29, 0.717) is 28.6 Å². The van der Waals surface area contributed by atoms with E-state index in [-0.39, 0.29) is 23.4 Å². The van der Waals surface area contributed by atoms with Crippen LogP contribution in [0.15, 0.2) is 78.5 Å². The summed E-state index contributed by atoms with van der Waals surface area (Å²) in [5.41, 5.74) is 1.61. The molecular weight excluding hydrogens is 431 g/mol. The molecule has 0 fully saturated rings. The van der Waals surface area contributed by atoms with Crippen LogP contribution >= 0.6 is 11.6 Å². The number of hydrogen-bond donors (Lipinski definition) is 1. The summed E-state index contributed by atoms with van der Waals surface area (Å²) in [5, 5.41) is 3.59. The number of anilines is 1. The SMILES string of the molecule is CCOc1ccccc1NC1=C(c2ccc(Cl)cc2)C(=O)N(Cc2ccccc2F)C1=O. The van der Waals surface area contributed by atoms with Crippen LogP contribution in [0.1, 0.15) is 18.1 Å². The van der Waals surface area contributed by atoms with E-state index in [0.717, 1.165) is 4.90 Å². The maximum atomic E-state index is 14.2. The minimum absolute atomic E-state index is 0.0980. The van der Waals surface area contributed by atoms with Crippen molar-refractivity contribution >= 4 is 34.7 Å². The number of halogens is 2. The number of amides is 2. The maximum Gasteiger partial charge on any atom is 0.278 e. The molecule has 1 aliphatic heterocycles. The molecule has 0 aromatic heterocycles. The predicted molar refractivity (Wildman–Crippen MR) is 122 cm³/mol. The van der Waals surface area contributed by atoms with Crippen molar-refractivity contribution in [2.45, 2.75) is 13.5 Å². The van der Waals surface area contributed by atoms with Gasteiger partial charge in [-0.15, -0.1) is 0 Å². The molecule has 3 aromatic carbocycles. The molecule has 0 bridgehead atoms. The third-order valence-corrected chi connectivity index (χ3v) is 5.29. The molecule has 0 saturated carbocycles. The van der Waals surface area contributed by atoms with E-state index in [1.165, 1.54) is 6.07 Å². The zero-order valence-electron chi connectivity index (χ0n) is 17.3. The van der Waals surface area contributed by atoms with Gasteiger partial charge in [0.25, 0.3) is 11.8 Å². The highest BCUT2D eigenvalue weighted by Gasteiger charge is 2.39. The fraction of sp³-hybridized carbons (Fsp3) is 0.120. The van der Waals surface area contributed by atoms with Gasteiger partial charge < -0.3 is 10.1 Å². The predicted octanol–water partition coefficient (Wildman–Crippen LogP) is 5.27. The minimum Gasteiger partial charge on any atom is -0.492 e. The maximum absolute atomic E-state index is 14.2. The first-order chi connectivity index (χ1) is 15.5. The number of para-hydroxylation sites is 2. The Morgan fingerprint density at radius 3 is 2.34 bits per heavy atom. The van der Waals surface area contributed by atoms with Gasteiger partial charge in [0, 0.05) is 10.6 Å². The molecule has 4 rings (SSSR count). The van der Waals surface area contributed by atoms with E-state index < -0.39 is 17.6 Å². The lowest BCUT2D eigenvalue weighted by molar-refractivity contribution is -0.137. The second kappa shape index (κ2) is 9.24. The van der Waals surface area contributed by atoms with Crippen molar-refractivity contribution in [3.8, 4) is 5.75 Å². The van der Waals surface area contributed by atoms with Gasteiger partial charge in [0.05, 0.1) is 24.4 Å². The topological polar surface area (TPSA) is 58.6 Å². The van der Waals surface area contributed by atoms with E-state index in [9.17, 15) is 14.0 Å². The highest BCUT2D eigenvalue weighted by atomic mass is 35.5. The number of nitrogens with one attached hydrogen (secondary N) is 1. The molecule has 0 aliphatic carbocycles. The summed E-state index contributed by atoms with van der Waals surface area (Å²) in [4.78, 5) is 27.7. The van der Waals surface area contributed by atoms with Gasteiger partial charge in [-0.3, -0.25) is 14.5 Å². The van der Waals surface area contributed by atoms with Gasteiger partial charge in [0.2, 0.25) is 0 Å². The summed E-state index contributed by atoms with van der Waals surface area (Å²) in [6.45, 7) is 2.11. The summed E-state index contributed by atoms with van der Waals surface area (Å²) >= 11 is 6.01. The molecule has 1 heterocycles. The second-order valence-electron chi connectivity index (χ2n) is 7.10. The first-order valence-electron chi connectivity index (χ1n) is 10.1. The van der Waals surface area contributed by atoms with Crippen molar-refractivity contribution in [1.29, 1.82) is 0 Å². The third-order valence-electron chi connectivity index (χ3n) is 5.03. The van der Waals surface area contributed by atoms with Gasteiger partial charge in [-0.1, -0.05) is 54.1 Å². The molecule has 3 aromatic rings. The highest BCUT2D eigenvalue weighted by Crippen LogP contribution is 2.34. The molecule has 0 radical (unpaired) electrons. The quantitative estimate of drug-likeness (QED) is 0.498. The van der Waals surface area contributed by atoms with Gasteiger partial charge >= 0.3 is 0 Å². The van der Waals surface area contributed by atoms with Crippen molar-refractivity contribution in [2.24, 2.45) is 0 Å². The number of ether oxygens (including phenoxy) is 1. The van der Waals surface area contributed by atoms with Crippen molar-refractivity contribution in [3.63, 3.8) is 0 Å². The highest BCUT2D eigenvalue weighted by molar-refractivity contribution is 6.36. The summed E-state index contributed by atoms with van der Waals surface area (Å²) in [6, 6.07) is 19.8. The van der Waals surface area contributed by atoms with Crippen LogP contribution in [-0.4, -0.2) is 23.3 Å². The molecule has 0 spiro atoms. The van der Waals surface area contributed by atoms with Gasteiger partial charge in [-0.2, -0.15) is 0 Å². The van der Waals surface area contributed by atoms with E-state index in [4.69, 9.17) is 16.3 Å². The standard InChI is InChI=1S/C25H20ClFN2O3/c1-2-32-21-10-6-5-9-20(21)28-23-22(16-11-13-18(26)14-12-16)24(30)29(25(23)31)15-17-7-3-4-8-19(17)27/h3-14,28H,2,15H2,1H3. The average Bonchev–Trinajstić information content (AvgIpc) is 3.01. The van der Waals surface area contributed by atoms with E-state index in [1.807, 2.05) is 13.0 Å². The summed E-state index contributed by atoms with van der Waals surface area (Å²) < 4.78 is 19.9. The number of imide groups is 1. The molecular formula is C25H20ClFN2O3. The number of carbonyl (C=O) groups excluding carboxylic acids is 2. The summed E-state index contributed by atoms with van der Waals surface area (Å²) in [7, 11) is 0. The smallest absolute Gasteiger partial charge is 0.278 e. The minimum atomic E-state index is -0.547. The fourth-order valence-electron chi connectivity index (χ4n) is 3.50. The Morgan fingerprint density at radius 1 is 0.938 bits per heavy atom. The number of carbonyl (C=O) groups is 2. The fourth-order valence-corrected chi connectivity index (χ4v) is 3.63. The first-order valence-corrected chi connectivity index (χ1v) is 10.5. The summed E-state index contributed by atoms with van der Waals surface area (Å²) in [5.74, 6) is -0.999. The summed E-state index contributed by atoms with van der Waals surface area (Å²) in [6.07, 6.45) is 0. The zero-order chi connectivity index (χ0) is 22.7. The monoisotopic (exact) mass is 450 g/mol. The normalized spacial score (nSPS) is 13.7.